The number of halogens is 2. The number of benzene rings is 2. The highest BCUT2D eigenvalue weighted by Crippen LogP contribution is 2.47. The quantitative estimate of drug-likeness (QED) is 0.664. The van der Waals surface area contributed by atoms with Gasteiger partial charge >= 0.3 is 0 Å². The lowest BCUT2D eigenvalue weighted by molar-refractivity contribution is -0.117. The van der Waals surface area contributed by atoms with Crippen molar-refractivity contribution in [3.8, 4) is 0 Å². The molecule has 0 bridgehead atoms. The van der Waals surface area contributed by atoms with Crippen molar-refractivity contribution >= 4 is 34.3 Å². The average Bonchev–Trinajstić information content (AvgIpc) is 3.10. The number of furan rings is 1. The van der Waals surface area contributed by atoms with Crippen molar-refractivity contribution in [1.82, 2.24) is 0 Å². The van der Waals surface area contributed by atoms with E-state index in [1.807, 2.05) is 30.3 Å². The zero-order chi connectivity index (χ0) is 16.8. The lowest BCUT2D eigenvalue weighted by Gasteiger charge is -2.22. The minimum absolute atomic E-state index is 0.0590. The first kappa shape index (κ1) is 15.2. The summed E-state index contributed by atoms with van der Waals surface area (Å²) in [5.41, 5.74) is 0.767. The van der Waals surface area contributed by atoms with Crippen molar-refractivity contribution in [3.05, 3.63) is 65.9 Å². The van der Waals surface area contributed by atoms with E-state index in [9.17, 15) is 13.6 Å². The molecule has 0 aliphatic carbocycles. The van der Waals surface area contributed by atoms with E-state index in [0.29, 0.717) is 11.3 Å². The molecule has 1 aromatic heterocycles. The topological polar surface area (TPSA) is 33.5 Å². The molecule has 122 valence electrons. The Balaban J connectivity index is 1.82. The summed E-state index contributed by atoms with van der Waals surface area (Å²) in [5.74, 6) is -1.10. The Morgan fingerprint density at radius 3 is 2.67 bits per heavy atom. The number of anilines is 1. The van der Waals surface area contributed by atoms with Crippen LogP contribution in [-0.4, -0.2) is 11.2 Å². The lowest BCUT2D eigenvalue weighted by Crippen LogP contribution is -2.30. The number of hydrogen-bond acceptors (Lipinski definition) is 3. The average molecular weight is 345 g/mol. The lowest BCUT2D eigenvalue weighted by atomic mass is 10.2. The summed E-state index contributed by atoms with van der Waals surface area (Å²) in [5, 5.41) is 0.0900. The Bertz CT molecular complexity index is 907. The maximum atomic E-state index is 14.2. The van der Waals surface area contributed by atoms with Crippen molar-refractivity contribution < 1.29 is 18.0 Å². The van der Waals surface area contributed by atoms with Gasteiger partial charge in [0.1, 0.15) is 28.4 Å². The monoisotopic (exact) mass is 345 g/mol. The molecule has 3 nitrogen and oxygen atoms in total. The number of carbonyl (C=O) groups is 1. The highest BCUT2D eigenvalue weighted by Gasteiger charge is 2.42. The molecule has 6 heteroatoms. The minimum Gasteiger partial charge on any atom is -0.458 e. The molecule has 1 fully saturated rings. The maximum absolute atomic E-state index is 14.2. The number of para-hydroxylation sites is 1. The number of nitrogens with zero attached hydrogens (tertiary/aromatic N) is 1. The predicted molar refractivity (Wildman–Crippen MR) is 89.9 cm³/mol. The second-order valence-corrected chi connectivity index (χ2v) is 7.05. The van der Waals surface area contributed by atoms with Crippen molar-refractivity contribution in [3.63, 3.8) is 0 Å². The zero-order valence-corrected chi connectivity index (χ0v) is 13.5. The van der Waals surface area contributed by atoms with Gasteiger partial charge in [-0.1, -0.05) is 18.2 Å². The summed E-state index contributed by atoms with van der Waals surface area (Å²) in [6.45, 7) is 1.77. The molecule has 1 aliphatic heterocycles. The van der Waals surface area contributed by atoms with Crippen LogP contribution in [0.2, 0.25) is 0 Å². The molecule has 0 spiro atoms. The van der Waals surface area contributed by atoms with Crippen LogP contribution in [0.5, 0.6) is 0 Å². The zero-order valence-electron chi connectivity index (χ0n) is 12.7. The van der Waals surface area contributed by atoms with Gasteiger partial charge in [-0.3, -0.25) is 9.69 Å². The summed E-state index contributed by atoms with van der Waals surface area (Å²) < 4.78 is 33.3. The van der Waals surface area contributed by atoms with Crippen LogP contribution < -0.4 is 4.90 Å². The van der Waals surface area contributed by atoms with Gasteiger partial charge in [-0.25, -0.2) is 8.78 Å². The van der Waals surface area contributed by atoms with E-state index < -0.39 is 17.0 Å². The Morgan fingerprint density at radius 1 is 1.12 bits per heavy atom. The molecule has 0 N–H and O–H groups in total. The van der Waals surface area contributed by atoms with Crippen molar-refractivity contribution in [2.75, 3.05) is 4.90 Å². The Labute approximate surface area is 141 Å². The van der Waals surface area contributed by atoms with E-state index in [2.05, 4.69) is 0 Å². The largest absolute Gasteiger partial charge is 0.458 e. The predicted octanol–water partition coefficient (Wildman–Crippen LogP) is 4.88. The van der Waals surface area contributed by atoms with Gasteiger partial charge in [0, 0.05) is 11.5 Å². The normalized spacial score (nSPS) is 21.0. The van der Waals surface area contributed by atoms with Crippen LogP contribution in [0.15, 0.2) is 52.9 Å². The first-order valence-corrected chi connectivity index (χ1v) is 8.41. The van der Waals surface area contributed by atoms with Crippen LogP contribution in [-0.2, 0) is 4.79 Å². The van der Waals surface area contributed by atoms with E-state index in [-0.39, 0.29) is 16.8 Å². The Morgan fingerprint density at radius 2 is 1.92 bits per heavy atom. The van der Waals surface area contributed by atoms with Gasteiger partial charge in [0.15, 0.2) is 0 Å². The molecule has 0 radical (unpaired) electrons. The van der Waals surface area contributed by atoms with Gasteiger partial charge < -0.3 is 4.42 Å². The first-order chi connectivity index (χ1) is 11.5. The van der Waals surface area contributed by atoms with E-state index in [4.69, 9.17) is 4.42 Å². The highest BCUT2D eigenvalue weighted by atomic mass is 32.2. The molecule has 1 amide bonds. The molecule has 2 heterocycles. The van der Waals surface area contributed by atoms with Crippen LogP contribution >= 0.6 is 11.8 Å². The number of amides is 1. The molecule has 1 aliphatic rings. The maximum Gasteiger partial charge on any atom is 0.241 e. The number of hydrogen-bond donors (Lipinski definition) is 0. The van der Waals surface area contributed by atoms with E-state index in [0.717, 1.165) is 17.5 Å². The SMILES string of the molecule is CC1SC(c2cc3ccccc3o2)N(c2ccc(F)cc2F)C1=O. The van der Waals surface area contributed by atoms with Gasteiger partial charge in [0.2, 0.25) is 5.91 Å². The Hall–Kier alpha value is -2.34. The van der Waals surface area contributed by atoms with E-state index >= 15 is 0 Å². The van der Waals surface area contributed by atoms with Crippen molar-refractivity contribution in [1.29, 1.82) is 0 Å². The molecule has 0 saturated carbocycles. The van der Waals surface area contributed by atoms with Gasteiger partial charge in [-0.15, -0.1) is 11.8 Å². The second-order valence-electron chi connectivity index (χ2n) is 5.62. The fraction of sp³-hybridized carbons (Fsp3) is 0.167. The van der Waals surface area contributed by atoms with Gasteiger partial charge in [-0.2, -0.15) is 0 Å². The highest BCUT2D eigenvalue weighted by molar-refractivity contribution is 8.01. The van der Waals surface area contributed by atoms with E-state index in [1.165, 1.54) is 22.7 Å². The van der Waals surface area contributed by atoms with Crippen LogP contribution in [0.4, 0.5) is 14.5 Å². The van der Waals surface area contributed by atoms with Crippen LogP contribution in [0.3, 0.4) is 0 Å². The van der Waals surface area contributed by atoms with Crippen molar-refractivity contribution in [2.45, 2.75) is 17.5 Å². The van der Waals surface area contributed by atoms with Gasteiger partial charge in [-0.05, 0) is 31.2 Å². The summed E-state index contributed by atoms with van der Waals surface area (Å²) in [7, 11) is 0. The third-order valence-electron chi connectivity index (χ3n) is 4.01. The third kappa shape index (κ3) is 2.38. The molecular weight excluding hydrogens is 332 g/mol. The summed E-state index contributed by atoms with van der Waals surface area (Å²) in [4.78, 5) is 13.9. The number of carbonyl (C=O) groups excluding carboxylic acids is 1. The number of fused-ring (bicyclic) bond motifs is 1. The molecule has 4 rings (SSSR count). The summed E-state index contributed by atoms with van der Waals surface area (Å²) in [6.07, 6.45) is 0. The third-order valence-corrected chi connectivity index (χ3v) is 5.32. The number of thioether (sulfide) groups is 1. The summed E-state index contributed by atoms with van der Waals surface area (Å²) in [6, 6.07) is 12.6. The fourth-order valence-electron chi connectivity index (χ4n) is 2.86. The van der Waals surface area contributed by atoms with E-state index in [1.54, 1.807) is 6.92 Å². The molecule has 24 heavy (non-hydrogen) atoms. The summed E-state index contributed by atoms with van der Waals surface area (Å²) >= 11 is 1.38. The second kappa shape index (κ2) is 5.63. The van der Waals surface area contributed by atoms with Crippen LogP contribution in [0.25, 0.3) is 11.0 Å². The van der Waals surface area contributed by atoms with Crippen LogP contribution in [0.1, 0.15) is 18.1 Å². The number of rotatable bonds is 2. The molecule has 2 aromatic carbocycles. The molecule has 2 atom stereocenters. The Kier molecular flexibility index (Phi) is 3.57. The molecule has 2 unspecified atom stereocenters. The molecule has 3 aromatic rings. The van der Waals surface area contributed by atoms with Gasteiger partial charge in [0.05, 0.1) is 10.9 Å². The first-order valence-electron chi connectivity index (χ1n) is 7.46. The molecule has 1 saturated heterocycles. The molecular formula is C18H13F2NO2S. The standard InChI is InChI=1S/C18H13F2NO2S/c1-10-17(22)21(14-7-6-12(19)9-13(14)20)18(24-10)16-8-11-4-2-3-5-15(11)23-16/h2-10,18H,1H3. The van der Waals surface area contributed by atoms with Crippen LogP contribution in [0, 0.1) is 11.6 Å². The van der Waals surface area contributed by atoms with Gasteiger partial charge in [0.25, 0.3) is 0 Å². The van der Waals surface area contributed by atoms with Crippen molar-refractivity contribution in [2.24, 2.45) is 0 Å². The fourth-order valence-corrected chi connectivity index (χ4v) is 4.07. The minimum atomic E-state index is -0.765. The smallest absolute Gasteiger partial charge is 0.241 e.